The maximum Gasteiger partial charge on any atom is 0.170 e. The second-order valence-electron chi connectivity index (χ2n) is 4.79. The molecule has 0 unspecified atom stereocenters. The Labute approximate surface area is 123 Å². The minimum Gasteiger partial charge on any atom is -0.508 e. The number of phenolic OH excluding ortho intramolecular Hbond substituents is 1. The number of hydrogen-bond acceptors (Lipinski definition) is 4. The van der Waals surface area contributed by atoms with Crippen LogP contribution in [0.25, 0.3) is 0 Å². The lowest BCUT2D eigenvalue weighted by molar-refractivity contribution is 0.318. The maximum atomic E-state index is 9.50. The summed E-state index contributed by atoms with van der Waals surface area (Å²) in [5.41, 5.74) is 8.19. The summed E-state index contributed by atoms with van der Waals surface area (Å²) >= 11 is 0. The molecule has 0 spiro atoms. The van der Waals surface area contributed by atoms with E-state index in [-0.39, 0.29) is 11.6 Å². The van der Waals surface area contributed by atoms with E-state index < -0.39 is 0 Å². The van der Waals surface area contributed by atoms with Gasteiger partial charge in [-0.2, -0.15) is 0 Å². The molecule has 0 aliphatic rings. The van der Waals surface area contributed by atoms with Crippen molar-refractivity contribution in [3.05, 3.63) is 59.2 Å². The first kappa shape index (κ1) is 14.7. The van der Waals surface area contributed by atoms with Gasteiger partial charge in [-0.3, -0.25) is 0 Å². The number of amidine groups is 1. The fourth-order valence-corrected chi connectivity index (χ4v) is 2.04. The van der Waals surface area contributed by atoms with Crippen molar-refractivity contribution in [3.8, 4) is 11.5 Å². The zero-order valence-electron chi connectivity index (χ0n) is 11.8. The molecule has 0 saturated carbocycles. The molecule has 0 saturated heterocycles. The number of ether oxygens (including phenoxy) is 1. The van der Waals surface area contributed by atoms with Crippen LogP contribution in [-0.4, -0.2) is 22.8 Å². The van der Waals surface area contributed by atoms with Crippen LogP contribution in [0.5, 0.6) is 11.5 Å². The molecule has 0 atom stereocenters. The molecular formula is C16H18N2O3. The molecule has 2 rings (SSSR count). The normalized spacial score (nSPS) is 11.4. The fraction of sp³-hybridized carbons (Fsp3) is 0.188. The highest BCUT2D eigenvalue weighted by molar-refractivity contribution is 5.97. The van der Waals surface area contributed by atoms with E-state index in [1.807, 2.05) is 31.2 Å². The van der Waals surface area contributed by atoms with Crippen molar-refractivity contribution in [3.63, 3.8) is 0 Å². The SMILES string of the molecule is Cc1cc(O)cc(OCCc2cccc(C(N)=NO)c2)c1. The molecule has 0 heterocycles. The number of nitrogens with two attached hydrogens (primary N) is 1. The Hall–Kier alpha value is -2.69. The fourth-order valence-electron chi connectivity index (χ4n) is 2.04. The molecule has 4 N–H and O–H groups in total. The van der Waals surface area contributed by atoms with Gasteiger partial charge in [0.05, 0.1) is 6.61 Å². The third-order valence-electron chi connectivity index (χ3n) is 3.03. The van der Waals surface area contributed by atoms with Crippen LogP contribution in [0.2, 0.25) is 0 Å². The van der Waals surface area contributed by atoms with Crippen LogP contribution in [0.4, 0.5) is 0 Å². The van der Waals surface area contributed by atoms with Crippen LogP contribution < -0.4 is 10.5 Å². The van der Waals surface area contributed by atoms with E-state index in [1.165, 1.54) is 0 Å². The first-order valence-electron chi connectivity index (χ1n) is 6.59. The van der Waals surface area contributed by atoms with Gasteiger partial charge in [-0.25, -0.2) is 0 Å². The minimum absolute atomic E-state index is 0.0846. The van der Waals surface area contributed by atoms with E-state index in [1.54, 1.807) is 18.2 Å². The summed E-state index contributed by atoms with van der Waals surface area (Å²) in [5.74, 6) is 0.917. The molecule has 0 aliphatic heterocycles. The van der Waals surface area contributed by atoms with Gasteiger partial charge in [0.15, 0.2) is 5.84 Å². The second-order valence-corrected chi connectivity index (χ2v) is 4.79. The van der Waals surface area contributed by atoms with Crippen molar-refractivity contribution >= 4 is 5.84 Å². The van der Waals surface area contributed by atoms with Crippen molar-refractivity contribution in [1.82, 2.24) is 0 Å². The third-order valence-corrected chi connectivity index (χ3v) is 3.03. The van der Waals surface area contributed by atoms with Crippen LogP contribution in [-0.2, 0) is 6.42 Å². The van der Waals surface area contributed by atoms with E-state index in [4.69, 9.17) is 15.7 Å². The van der Waals surface area contributed by atoms with E-state index in [9.17, 15) is 5.11 Å². The first-order valence-corrected chi connectivity index (χ1v) is 6.59. The van der Waals surface area contributed by atoms with Crippen LogP contribution in [0.15, 0.2) is 47.6 Å². The lowest BCUT2D eigenvalue weighted by atomic mass is 10.1. The number of phenols is 1. The monoisotopic (exact) mass is 286 g/mol. The average Bonchev–Trinajstić information content (AvgIpc) is 2.46. The number of rotatable bonds is 5. The predicted octanol–water partition coefficient (Wildman–Crippen LogP) is 2.42. The summed E-state index contributed by atoms with van der Waals surface area (Å²) in [7, 11) is 0. The van der Waals surface area contributed by atoms with Gasteiger partial charge in [0, 0.05) is 18.1 Å². The van der Waals surface area contributed by atoms with E-state index in [0.717, 1.165) is 11.1 Å². The molecule has 0 aliphatic carbocycles. The summed E-state index contributed by atoms with van der Waals surface area (Å²) in [6, 6.07) is 12.6. The van der Waals surface area contributed by atoms with Crippen molar-refractivity contribution in [2.24, 2.45) is 10.9 Å². The first-order chi connectivity index (χ1) is 10.1. The molecule has 2 aromatic carbocycles. The summed E-state index contributed by atoms with van der Waals surface area (Å²) in [6.07, 6.45) is 0.682. The van der Waals surface area contributed by atoms with Crippen molar-refractivity contribution in [1.29, 1.82) is 0 Å². The second kappa shape index (κ2) is 6.65. The van der Waals surface area contributed by atoms with E-state index >= 15 is 0 Å². The Balaban J connectivity index is 1.97. The lowest BCUT2D eigenvalue weighted by Gasteiger charge is -2.08. The van der Waals surface area contributed by atoms with Gasteiger partial charge in [0.2, 0.25) is 0 Å². The van der Waals surface area contributed by atoms with Crippen LogP contribution >= 0.6 is 0 Å². The molecule has 0 aromatic heterocycles. The Kier molecular flexibility index (Phi) is 4.66. The number of oxime groups is 1. The number of aromatic hydroxyl groups is 1. The number of aryl methyl sites for hydroxylation is 1. The van der Waals surface area contributed by atoms with Crippen LogP contribution in [0, 0.1) is 6.92 Å². The highest BCUT2D eigenvalue weighted by Crippen LogP contribution is 2.21. The molecule has 2 aromatic rings. The molecule has 0 amide bonds. The number of hydrogen-bond donors (Lipinski definition) is 3. The van der Waals surface area contributed by atoms with Crippen molar-refractivity contribution in [2.45, 2.75) is 13.3 Å². The Bertz CT molecular complexity index is 633. The molecule has 5 heteroatoms. The summed E-state index contributed by atoms with van der Waals surface area (Å²) in [4.78, 5) is 0. The Morgan fingerprint density at radius 1 is 1.24 bits per heavy atom. The average molecular weight is 286 g/mol. The van der Waals surface area contributed by atoms with Crippen LogP contribution in [0.1, 0.15) is 16.7 Å². The molecule has 21 heavy (non-hydrogen) atoms. The number of nitrogens with zero attached hydrogens (tertiary/aromatic N) is 1. The van der Waals surface area contributed by atoms with E-state index in [2.05, 4.69) is 5.16 Å². The largest absolute Gasteiger partial charge is 0.508 e. The molecule has 0 bridgehead atoms. The Morgan fingerprint density at radius 3 is 2.76 bits per heavy atom. The van der Waals surface area contributed by atoms with Gasteiger partial charge < -0.3 is 20.8 Å². The quantitative estimate of drug-likeness (QED) is 0.341. The molecule has 0 fully saturated rings. The van der Waals surface area contributed by atoms with Gasteiger partial charge in [-0.05, 0) is 36.2 Å². The van der Waals surface area contributed by atoms with Gasteiger partial charge >= 0.3 is 0 Å². The molecule has 0 radical (unpaired) electrons. The van der Waals surface area contributed by atoms with Crippen LogP contribution in [0.3, 0.4) is 0 Å². The van der Waals surface area contributed by atoms with Gasteiger partial charge in [-0.15, -0.1) is 0 Å². The zero-order chi connectivity index (χ0) is 15.2. The standard InChI is InChI=1S/C16H18N2O3/c1-11-7-14(19)10-15(8-11)21-6-5-12-3-2-4-13(9-12)16(17)18-20/h2-4,7-10,19-20H,5-6H2,1H3,(H2,17,18). The summed E-state index contributed by atoms with van der Waals surface area (Å²) in [5, 5.41) is 21.2. The highest BCUT2D eigenvalue weighted by Gasteiger charge is 2.02. The van der Waals surface area contributed by atoms with Crippen molar-refractivity contribution in [2.75, 3.05) is 6.61 Å². The lowest BCUT2D eigenvalue weighted by Crippen LogP contribution is -2.13. The highest BCUT2D eigenvalue weighted by atomic mass is 16.5. The van der Waals surface area contributed by atoms with Gasteiger partial charge in [0.1, 0.15) is 11.5 Å². The molecule has 110 valence electrons. The zero-order valence-corrected chi connectivity index (χ0v) is 11.8. The van der Waals surface area contributed by atoms with E-state index in [0.29, 0.717) is 24.3 Å². The molecular weight excluding hydrogens is 268 g/mol. The topological polar surface area (TPSA) is 88.1 Å². The predicted molar refractivity (Wildman–Crippen MR) is 81.0 cm³/mol. The van der Waals surface area contributed by atoms with Gasteiger partial charge in [-0.1, -0.05) is 23.4 Å². The minimum atomic E-state index is 0.0846. The van der Waals surface area contributed by atoms with Crippen molar-refractivity contribution < 1.29 is 15.1 Å². The van der Waals surface area contributed by atoms with Gasteiger partial charge in [0.25, 0.3) is 0 Å². The molecule has 5 nitrogen and oxygen atoms in total. The third kappa shape index (κ3) is 4.14. The summed E-state index contributed by atoms with van der Waals surface area (Å²) < 4.78 is 5.63. The maximum absolute atomic E-state index is 9.50. The summed E-state index contributed by atoms with van der Waals surface area (Å²) in [6.45, 7) is 2.37. The Morgan fingerprint density at radius 2 is 2.05 bits per heavy atom. The smallest absolute Gasteiger partial charge is 0.170 e. The number of benzene rings is 2.